The third kappa shape index (κ3) is 4.71. The topological polar surface area (TPSA) is 83.8 Å². The van der Waals surface area contributed by atoms with Crippen molar-refractivity contribution in [2.45, 2.75) is 24.8 Å². The number of non-ortho nitro benzene ring substituents is 1. The quantitative estimate of drug-likeness (QED) is 0.580. The molecule has 0 radical (unpaired) electrons. The molecule has 1 fully saturated rings. The molecule has 1 aliphatic rings. The molecule has 1 aliphatic heterocycles. The zero-order valence-corrected chi connectivity index (χ0v) is 16.1. The number of hydrogen-bond donors (Lipinski definition) is 0. The zero-order valence-electron chi connectivity index (χ0n) is 15.2. The Morgan fingerprint density at radius 1 is 0.963 bits per heavy atom. The van der Waals surface area contributed by atoms with Gasteiger partial charge in [0.15, 0.2) is 0 Å². The van der Waals surface area contributed by atoms with Crippen LogP contribution in [0.25, 0.3) is 0 Å². The number of nitro groups is 1. The van der Waals surface area contributed by atoms with Crippen LogP contribution in [0.1, 0.15) is 17.5 Å². The summed E-state index contributed by atoms with van der Waals surface area (Å²) in [6.07, 6.45) is 0.748. The molecule has 0 bridgehead atoms. The van der Waals surface area contributed by atoms with Crippen molar-refractivity contribution in [3.8, 4) is 0 Å². The van der Waals surface area contributed by atoms with E-state index in [0.717, 1.165) is 24.1 Å². The lowest BCUT2D eigenvalue weighted by molar-refractivity contribution is -0.384. The van der Waals surface area contributed by atoms with E-state index in [0.29, 0.717) is 31.1 Å². The maximum Gasteiger partial charge on any atom is 0.269 e. The van der Waals surface area contributed by atoms with E-state index in [-0.39, 0.29) is 5.69 Å². The Morgan fingerprint density at radius 3 is 2.26 bits per heavy atom. The summed E-state index contributed by atoms with van der Waals surface area (Å²) in [5, 5.41) is 10.7. The standard InChI is InChI=1S/C19H23N3O4S/c1-16-3-9-19(10-4-16)27(25,26)21-12-2-11-20(13-14-21)15-17-5-7-18(8-6-17)22(23)24/h3-10H,2,11-15H2,1H3. The van der Waals surface area contributed by atoms with E-state index < -0.39 is 14.9 Å². The van der Waals surface area contributed by atoms with E-state index in [9.17, 15) is 18.5 Å². The van der Waals surface area contributed by atoms with Crippen molar-refractivity contribution in [2.75, 3.05) is 26.2 Å². The Balaban J connectivity index is 1.64. The van der Waals surface area contributed by atoms with E-state index in [1.54, 1.807) is 28.6 Å². The van der Waals surface area contributed by atoms with Crippen LogP contribution in [0, 0.1) is 17.0 Å². The van der Waals surface area contributed by atoms with Crippen molar-refractivity contribution in [2.24, 2.45) is 0 Å². The molecule has 1 heterocycles. The van der Waals surface area contributed by atoms with E-state index in [1.165, 1.54) is 12.1 Å². The first-order valence-corrected chi connectivity index (χ1v) is 10.3. The first-order valence-electron chi connectivity index (χ1n) is 8.89. The zero-order chi connectivity index (χ0) is 19.4. The summed E-state index contributed by atoms with van der Waals surface area (Å²) >= 11 is 0. The summed E-state index contributed by atoms with van der Waals surface area (Å²) in [6, 6.07) is 13.4. The number of nitro benzene ring substituents is 1. The van der Waals surface area contributed by atoms with E-state index >= 15 is 0 Å². The molecule has 144 valence electrons. The minimum atomic E-state index is -3.48. The highest BCUT2D eigenvalue weighted by molar-refractivity contribution is 7.89. The van der Waals surface area contributed by atoms with Crippen LogP contribution >= 0.6 is 0 Å². The van der Waals surface area contributed by atoms with Crippen LogP contribution in [0.3, 0.4) is 0 Å². The minimum Gasteiger partial charge on any atom is -0.298 e. The molecule has 0 aliphatic carbocycles. The lowest BCUT2D eigenvalue weighted by Crippen LogP contribution is -2.35. The van der Waals surface area contributed by atoms with Gasteiger partial charge in [-0.1, -0.05) is 29.8 Å². The monoisotopic (exact) mass is 389 g/mol. The maximum atomic E-state index is 12.9. The van der Waals surface area contributed by atoms with E-state index in [1.807, 2.05) is 19.1 Å². The Morgan fingerprint density at radius 2 is 1.63 bits per heavy atom. The number of benzene rings is 2. The molecule has 8 heteroatoms. The Hall–Kier alpha value is -2.29. The van der Waals surface area contributed by atoms with Crippen LogP contribution in [-0.2, 0) is 16.6 Å². The summed E-state index contributed by atoms with van der Waals surface area (Å²) in [4.78, 5) is 12.8. The molecule has 7 nitrogen and oxygen atoms in total. The second-order valence-electron chi connectivity index (χ2n) is 6.77. The molecule has 0 amide bonds. The van der Waals surface area contributed by atoms with Gasteiger partial charge in [-0.2, -0.15) is 4.31 Å². The third-order valence-corrected chi connectivity index (χ3v) is 6.67. The molecule has 0 saturated carbocycles. The van der Waals surface area contributed by atoms with Gasteiger partial charge in [-0.3, -0.25) is 15.0 Å². The first-order chi connectivity index (χ1) is 12.9. The fourth-order valence-corrected chi connectivity index (χ4v) is 4.66. The van der Waals surface area contributed by atoms with Gasteiger partial charge in [0.1, 0.15) is 0 Å². The number of aryl methyl sites for hydroxylation is 1. The molecular formula is C19H23N3O4S. The van der Waals surface area contributed by atoms with Crippen molar-refractivity contribution in [3.63, 3.8) is 0 Å². The third-order valence-electron chi connectivity index (χ3n) is 4.76. The number of rotatable bonds is 5. The SMILES string of the molecule is Cc1ccc(S(=O)(=O)N2CCCN(Cc3ccc([N+](=O)[O-])cc3)CC2)cc1. The van der Waals surface area contributed by atoms with Crippen LogP contribution in [0.2, 0.25) is 0 Å². The van der Waals surface area contributed by atoms with Gasteiger partial charge in [0.25, 0.3) is 5.69 Å². The Labute approximate surface area is 159 Å². The maximum absolute atomic E-state index is 12.9. The second-order valence-corrected chi connectivity index (χ2v) is 8.71. The van der Waals surface area contributed by atoms with Crippen molar-refractivity contribution < 1.29 is 13.3 Å². The van der Waals surface area contributed by atoms with Gasteiger partial charge >= 0.3 is 0 Å². The molecule has 3 rings (SSSR count). The van der Waals surface area contributed by atoms with Gasteiger partial charge in [-0.15, -0.1) is 0 Å². The summed E-state index contributed by atoms with van der Waals surface area (Å²) in [7, 11) is -3.48. The summed E-state index contributed by atoms with van der Waals surface area (Å²) in [5.74, 6) is 0. The van der Waals surface area contributed by atoms with Gasteiger partial charge < -0.3 is 0 Å². The molecule has 27 heavy (non-hydrogen) atoms. The largest absolute Gasteiger partial charge is 0.298 e. The predicted octanol–water partition coefficient (Wildman–Crippen LogP) is 2.80. The normalized spacial score (nSPS) is 16.8. The molecular weight excluding hydrogens is 366 g/mol. The van der Waals surface area contributed by atoms with Crippen LogP contribution in [0.4, 0.5) is 5.69 Å². The summed E-state index contributed by atoms with van der Waals surface area (Å²) < 4.78 is 27.3. The lowest BCUT2D eigenvalue weighted by Gasteiger charge is -2.22. The van der Waals surface area contributed by atoms with Crippen molar-refractivity contribution in [3.05, 3.63) is 69.8 Å². The van der Waals surface area contributed by atoms with Crippen molar-refractivity contribution >= 4 is 15.7 Å². The first kappa shape index (κ1) is 19.5. The fraction of sp³-hybridized carbons (Fsp3) is 0.368. The average Bonchev–Trinajstić information content (AvgIpc) is 2.89. The van der Waals surface area contributed by atoms with Gasteiger partial charge in [-0.25, -0.2) is 8.42 Å². The van der Waals surface area contributed by atoms with E-state index in [2.05, 4.69) is 4.90 Å². The van der Waals surface area contributed by atoms with Crippen LogP contribution < -0.4 is 0 Å². The predicted molar refractivity (Wildman–Crippen MR) is 103 cm³/mol. The average molecular weight is 389 g/mol. The Kier molecular flexibility index (Phi) is 5.88. The molecule has 0 unspecified atom stereocenters. The van der Waals surface area contributed by atoms with Gasteiger partial charge in [-0.05, 0) is 37.6 Å². The number of sulfonamides is 1. The summed E-state index contributed by atoms with van der Waals surface area (Å²) in [5.41, 5.74) is 2.08. The lowest BCUT2D eigenvalue weighted by atomic mass is 10.2. The highest BCUT2D eigenvalue weighted by atomic mass is 32.2. The number of hydrogen-bond acceptors (Lipinski definition) is 5. The molecule has 0 spiro atoms. The smallest absolute Gasteiger partial charge is 0.269 e. The highest BCUT2D eigenvalue weighted by Crippen LogP contribution is 2.19. The van der Waals surface area contributed by atoms with Crippen LogP contribution in [-0.4, -0.2) is 48.7 Å². The summed E-state index contributed by atoms with van der Waals surface area (Å²) in [6.45, 7) is 4.92. The van der Waals surface area contributed by atoms with Gasteiger partial charge in [0, 0.05) is 38.3 Å². The van der Waals surface area contributed by atoms with Gasteiger partial charge in [0.2, 0.25) is 10.0 Å². The molecule has 0 N–H and O–H groups in total. The van der Waals surface area contributed by atoms with Crippen molar-refractivity contribution in [1.29, 1.82) is 0 Å². The molecule has 0 aromatic heterocycles. The Bertz CT molecular complexity index is 896. The minimum absolute atomic E-state index is 0.0741. The fourth-order valence-electron chi connectivity index (χ4n) is 3.19. The molecule has 0 atom stereocenters. The molecule has 2 aromatic carbocycles. The second kappa shape index (κ2) is 8.16. The van der Waals surface area contributed by atoms with Crippen LogP contribution in [0.15, 0.2) is 53.4 Å². The number of nitrogens with zero attached hydrogens (tertiary/aromatic N) is 3. The highest BCUT2D eigenvalue weighted by Gasteiger charge is 2.26. The van der Waals surface area contributed by atoms with Crippen molar-refractivity contribution in [1.82, 2.24) is 9.21 Å². The molecule has 2 aromatic rings. The van der Waals surface area contributed by atoms with Crippen LogP contribution in [0.5, 0.6) is 0 Å². The van der Waals surface area contributed by atoms with E-state index in [4.69, 9.17) is 0 Å². The molecule has 1 saturated heterocycles. The van der Waals surface area contributed by atoms with Gasteiger partial charge in [0.05, 0.1) is 9.82 Å².